The van der Waals surface area contributed by atoms with Gasteiger partial charge in [-0.2, -0.15) is 0 Å². The van der Waals surface area contributed by atoms with Crippen molar-refractivity contribution in [2.75, 3.05) is 13.2 Å². The summed E-state index contributed by atoms with van der Waals surface area (Å²) in [6.45, 7) is 3.61. The molecule has 1 aliphatic carbocycles. The Labute approximate surface area is 127 Å². The first-order valence-corrected chi connectivity index (χ1v) is 8.53. The fourth-order valence-electron chi connectivity index (χ4n) is 4.24. The Morgan fingerprint density at radius 2 is 1.90 bits per heavy atom. The van der Waals surface area contributed by atoms with Crippen LogP contribution in [0.4, 0.5) is 4.79 Å². The van der Waals surface area contributed by atoms with E-state index in [0.717, 1.165) is 58.1 Å². The van der Waals surface area contributed by atoms with Crippen molar-refractivity contribution in [3.05, 3.63) is 0 Å². The second kappa shape index (κ2) is 6.53. The largest absolute Gasteiger partial charge is 0.393 e. The molecular weight excluding hydrogens is 268 g/mol. The molecule has 3 aliphatic rings. The van der Waals surface area contributed by atoms with Crippen LogP contribution in [0.1, 0.15) is 51.9 Å². The molecule has 2 atom stereocenters. The number of nitrogens with one attached hydrogen (secondary N) is 1. The quantitative estimate of drug-likeness (QED) is 0.814. The third-order valence-corrected chi connectivity index (χ3v) is 5.37. The van der Waals surface area contributed by atoms with Crippen molar-refractivity contribution in [1.82, 2.24) is 10.2 Å². The van der Waals surface area contributed by atoms with Gasteiger partial charge in [-0.15, -0.1) is 0 Å². The minimum absolute atomic E-state index is 0.0788. The van der Waals surface area contributed by atoms with E-state index >= 15 is 0 Å². The summed E-state index contributed by atoms with van der Waals surface area (Å²) in [5.41, 5.74) is 0. The fourth-order valence-corrected chi connectivity index (χ4v) is 4.24. The lowest BCUT2D eigenvalue weighted by Crippen LogP contribution is -2.52. The van der Waals surface area contributed by atoms with Crippen LogP contribution < -0.4 is 5.32 Å². The number of hydrogen-bond donors (Lipinski definition) is 2. The average Bonchev–Trinajstić information content (AvgIpc) is 2.68. The number of aliphatic hydroxyl groups excluding tert-OH is 1. The van der Waals surface area contributed by atoms with Crippen molar-refractivity contribution in [2.24, 2.45) is 5.92 Å². The Hall–Kier alpha value is -0.810. The molecule has 3 rings (SSSR count). The first-order chi connectivity index (χ1) is 10.2. The van der Waals surface area contributed by atoms with Gasteiger partial charge in [-0.25, -0.2) is 4.79 Å². The van der Waals surface area contributed by atoms with E-state index in [-0.39, 0.29) is 24.2 Å². The van der Waals surface area contributed by atoms with Crippen LogP contribution in [0.15, 0.2) is 0 Å². The number of fused-ring (bicyclic) bond motifs is 2. The maximum Gasteiger partial charge on any atom is 0.317 e. The highest BCUT2D eigenvalue weighted by Crippen LogP contribution is 2.36. The third-order valence-electron chi connectivity index (χ3n) is 5.37. The summed E-state index contributed by atoms with van der Waals surface area (Å²) >= 11 is 0. The molecule has 0 aromatic heterocycles. The highest BCUT2D eigenvalue weighted by Gasteiger charge is 2.42. The number of ether oxygens (including phenoxy) is 1. The lowest BCUT2D eigenvalue weighted by molar-refractivity contribution is -0.0262. The molecule has 0 spiro atoms. The second-order valence-corrected chi connectivity index (χ2v) is 6.85. The van der Waals surface area contributed by atoms with Crippen molar-refractivity contribution in [3.63, 3.8) is 0 Å². The van der Waals surface area contributed by atoms with Crippen molar-refractivity contribution >= 4 is 6.03 Å². The van der Waals surface area contributed by atoms with Gasteiger partial charge < -0.3 is 20.1 Å². The highest BCUT2D eigenvalue weighted by molar-refractivity contribution is 5.75. The van der Waals surface area contributed by atoms with Crippen LogP contribution in [-0.2, 0) is 4.74 Å². The summed E-state index contributed by atoms with van der Waals surface area (Å²) in [7, 11) is 0. The summed E-state index contributed by atoms with van der Waals surface area (Å²) in [6.07, 6.45) is 7.19. The van der Waals surface area contributed by atoms with Crippen LogP contribution in [-0.4, -0.2) is 53.5 Å². The van der Waals surface area contributed by atoms with Crippen LogP contribution in [0.3, 0.4) is 0 Å². The van der Waals surface area contributed by atoms with E-state index in [4.69, 9.17) is 4.74 Å². The number of piperidine rings is 1. The molecule has 21 heavy (non-hydrogen) atoms. The van der Waals surface area contributed by atoms with Gasteiger partial charge in [-0.3, -0.25) is 0 Å². The van der Waals surface area contributed by atoms with E-state index in [1.54, 1.807) is 0 Å². The first-order valence-electron chi connectivity index (χ1n) is 8.53. The van der Waals surface area contributed by atoms with E-state index in [2.05, 4.69) is 5.32 Å². The number of carbonyl (C=O) groups is 1. The Balaban J connectivity index is 1.36. The van der Waals surface area contributed by atoms with E-state index in [0.29, 0.717) is 12.0 Å². The number of amides is 2. The average molecular weight is 296 g/mol. The summed E-state index contributed by atoms with van der Waals surface area (Å²) < 4.78 is 5.56. The van der Waals surface area contributed by atoms with Crippen molar-refractivity contribution in [1.29, 1.82) is 0 Å². The summed E-state index contributed by atoms with van der Waals surface area (Å²) in [6, 6.07) is 0.588. The van der Waals surface area contributed by atoms with Gasteiger partial charge in [0.15, 0.2) is 0 Å². The molecule has 2 saturated heterocycles. The molecule has 2 unspecified atom stereocenters. The van der Waals surface area contributed by atoms with Gasteiger partial charge in [0, 0.05) is 25.2 Å². The molecule has 3 fully saturated rings. The predicted octanol–water partition coefficient (Wildman–Crippen LogP) is 1.89. The molecule has 5 heteroatoms. The van der Waals surface area contributed by atoms with Crippen LogP contribution in [0.25, 0.3) is 0 Å². The lowest BCUT2D eigenvalue weighted by Gasteiger charge is -2.38. The van der Waals surface area contributed by atoms with Gasteiger partial charge in [-0.05, 0) is 57.8 Å². The molecule has 5 nitrogen and oxygen atoms in total. The molecule has 2 bridgehead atoms. The topological polar surface area (TPSA) is 61.8 Å². The van der Waals surface area contributed by atoms with Crippen LogP contribution in [0.5, 0.6) is 0 Å². The van der Waals surface area contributed by atoms with Crippen LogP contribution >= 0.6 is 0 Å². The maximum absolute atomic E-state index is 12.3. The van der Waals surface area contributed by atoms with Crippen LogP contribution in [0, 0.1) is 5.92 Å². The second-order valence-electron chi connectivity index (χ2n) is 6.85. The third kappa shape index (κ3) is 3.34. The zero-order valence-corrected chi connectivity index (χ0v) is 13.0. The van der Waals surface area contributed by atoms with Gasteiger partial charge in [-0.1, -0.05) is 0 Å². The molecule has 0 aromatic rings. The van der Waals surface area contributed by atoms with Gasteiger partial charge in [0.05, 0.1) is 12.2 Å². The summed E-state index contributed by atoms with van der Waals surface area (Å²) in [5.74, 6) is 0.710. The Bertz CT molecular complexity index is 357. The number of aliphatic hydroxyl groups is 1. The Morgan fingerprint density at radius 3 is 2.52 bits per heavy atom. The summed E-state index contributed by atoms with van der Waals surface area (Å²) in [5, 5.41) is 12.9. The van der Waals surface area contributed by atoms with Crippen molar-refractivity contribution < 1.29 is 14.6 Å². The molecule has 0 radical (unpaired) electrons. The minimum Gasteiger partial charge on any atom is -0.393 e. The zero-order chi connectivity index (χ0) is 14.8. The standard InChI is InChI=1S/C16H28N2O3/c1-2-21-15-7-11(8-15)5-6-17-16(20)18-12-3-4-13(18)10-14(19)9-12/h11-15,19H,2-10H2,1H3,(H,17,20). The highest BCUT2D eigenvalue weighted by atomic mass is 16.5. The Kier molecular flexibility index (Phi) is 4.69. The monoisotopic (exact) mass is 296 g/mol. The lowest BCUT2D eigenvalue weighted by atomic mass is 9.80. The number of nitrogens with zero attached hydrogens (tertiary/aromatic N) is 1. The number of rotatable bonds is 5. The Morgan fingerprint density at radius 1 is 1.24 bits per heavy atom. The first kappa shape index (κ1) is 15.1. The molecule has 2 N–H and O–H groups in total. The van der Waals surface area contributed by atoms with E-state index in [1.807, 2.05) is 11.8 Å². The number of carbonyl (C=O) groups excluding carboxylic acids is 1. The molecule has 0 aromatic carbocycles. The molecule has 120 valence electrons. The summed E-state index contributed by atoms with van der Waals surface area (Å²) in [4.78, 5) is 14.3. The molecular formula is C16H28N2O3. The fraction of sp³-hybridized carbons (Fsp3) is 0.938. The molecule has 2 amide bonds. The number of hydrogen-bond acceptors (Lipinski definition) is 3. The molecule has 2 heterocycles. The van der Waals surface area contributed by atoms with E-state index in [9.17, 15) is 9.90 Å². The van der Waals surface area contributed by atoms with Gasteiger partial charge >= 0.3 is 6.03 Å². The predicted molar refractivity (Wildman–Crippen MR) is 80.0 cm³/mol. The van der Waals surface area contributed by atoms with Crippen molar-refractivity contribution in [3.8, 4) is 0 Å². The molecule has 1 saturated carbocycles. The maximum atomic E-state index is 12.3. The SMILES string of the molecule is CCOC1CC(CCNC(=O)N2C3CCC2CC(O)C3)C1. The van der Waals surface area contributed by atoms with Gasteiger partial charge in [0.1, 0.15) is 0 Å². The normalized spacial score (nSPS) is 38.2. The van der Waals surface area contributed by atoms with Crippen LogP contribution in [0.2, 0.25) is 0 Å². The van der Waals surface area contributed by atoms with E-state index < -0.39 is 0 Å². The zero-order valence-electron chi connectivity index (χ0n) is 13.0. The van der Waals surface area contributed by atoms with E-state index in [1.165, 1.54) is 0 Å². The van der Waals surface area contributed by atoms with Gasteiger partial charge in [0.2, 0.25) is 0 Å². The molecule has 2 aliphatic heterocycles. The number of urea groups is 1. The minimum atomic E-state index is -0.211. The van der Waals surface area contributed by atoms with Crippen molar-refractivity contribution in [2.45, 2.75) is 76.2 Å². The van der Waals surface area contributed by atoms with Gasteiger partial charge in [0.25, 0.3) is 0 Å². The smallest absolute Gasteiger partial charge is 0.317 e.